The number of carbonyl (C=O) groups is 1. The van der Waals surface area contributed by atoms with Crippen LogP contribution in [0.1, 0.15) is 35.0 Å². The maximum Gasteiger partial charge on any atom is 0.268 e. The number of anilines is 1. The fraction of sp³-hybridized carbons (Fsp3) is 0.308. The molecule has 0 aliphatic heterocycles. The van der Waals surface area contributed by atoms with Crippen molar-refractivity contribution in [3.63, 3.8) is 0 Å². The van der Waals surface area contributed by atoms with Crippen molar-refractivity contribution < 1.29 is 9.21 Å². The number of nitrogens with two attached hydrogens (primary N) is 1. The standard InChI is InChI=1S/C13H17N3O2/c1-8-4-5-12(18-8)9(2)15-13(17)11-6-10(14)7-16(11)3/h4-7,9H,14H2,1-3H3,(H,15,17). The Morgan fingerprint density at radius 3 is 2.72 bits per heavy atom. The zero-order chi connectivity index (χ0) is 13.3. The van der Waals surface area contributed by atoms with E-state index in [9.17, 15) is 4.79 Å². The molecular formula is C13H17N3O2. The molecular weight excluding hydrogens is 230 g/mol. The molecule has 0 aliphatic rings. The first-order chi connectivity index (χ1) is 8.47. The molecule has 1 amide bonds. The van der Waals surface area contributed by atoms with Crippen molar-refractivity contribution in [3.05, 3.63) is 41.6 Å². The Bertz CT molecular complexity index is 569. The fourth-order valence-electron chi connectivity index (χ4n) is 1.84. The number of carbonyl (C=O) groups excluding carboxylic acids is 1. The van der Waals surface area contributed by atoms with E-state index >= 15 is 0 Å². The highest BCUT2D eigenvalue weighted by Crippen LogP contribution is 2.17. The molecule has 0 saturated carbocycles. The Hall–Kier alpha value is -2.17. The van der Waals surface area contributed by atoms with Gasteiger partial charge in [0.05, 0.1) is 11.7 Å². The second kappa shape index (κ2) is 4.60. The third-order valence-corrected chi connectivity index (χ3v) is 2.79. The van der Waals surface area contributed by atoms with Crippen LogP contribution in [0.2, 0.25) is 0 Å². The quantitative estimate of drug-likeness (QED) is 0.871. The SMILES string of the molecule is Cc1ccc(C(C)NC(=O)c2cc(N)cn2C)o1. The molecule has 2 aromatic rings. The molecule has 0 fully saturated rings. The topological polar surface area (TPSA) is 73.2 Å². The van der Waals surface area contributed by atoms with Gasteiger partial charge in [-0.2, -0.15) is 0 Å². The van der Waals surface area contributed by atoms with Crippen LogP contribution in [0.3, 0.4) is 0 Å². The van der Waals surface area contributed by atoms with E-state index in [1.807, 2.05) is 26.0 Å². The second-order valence-electron chi connectivity index (χ2n) is 4.41. The Morgan fingerprint density at radius 2 is 2.22 bits per heavy atom. The molecule has 5 heteroatoms. The highest BCUT2D eigenvalue weighted by molar-refractivity contribution is 5.94. The first-order valence-corrected chi connectivity index (χ1v) is 5.76. The number of aromatic nitrogens is 1. The summed E-state index contributed by atoms with van der Waals surface area (Å²) in [5, 5.41) is 2.87. The smallest absolute Gasteiger partial charge is 0.268 e. The average Bonchev–Trinajstić information content (AvgIpc) is 2.84. The number of hydrogen-bond donors (Lipinski definition) is 2. The Morgan fingerprint density at radius 1 is 1.50 bits per heavy atom. The van der Waals surface area contributed by atoms with Crippen molar-refractivity contribution in [2.45, 2.75) is 19.9 Å². The van der Waals surface area contributed by atoms with Crippen LogP contribution in [0.15, 0.2) is 28.8 Å². The van der Waals surface area contributed by atoms with E-state index in [0.29, 0.717) is 11.4 Å². The lowest BCUT2D eigenvalue weighted by Crippen LogP contribution is -2.27. The van der Waals surface area contributed by atoms with E-state index in [-0.39, 0.29) is 11.9 Å². The van der Waals surface area contributed by atoms with Gasteiger partial charge in [0.25, 0.3) is 5.91 Å². The number of nitrogen functional groups attached to an aromatic ring is 1. The molecule has 1 unspecified atom stereocenters. The minimum atomic E-state index is -0.178. The molecule has 0 aromatic carbocycles. The Kier molecular flexibility index (Phi) is 3.14. The number of nitrogens with one attached hydrogen (secondary N) is 1. The molecule has 3 N–H and O–H groups in total. The zero-order valence-electron chi connectivity index (χ0n) is 10.7. The molecule has 0 radical (unpaired) electrons. The van der Waals surface area contributed by atoms with Gasteiger partial charge in [0.2, 0.25) is 0 Å². The van der Waals surface area contributed by atoms with Gasteiger partial charge in [-0.05, 0) is 32.0 Å². The molecule has 1 atom stereocenters. The monoisotopic (exact) mass is 247 g/mol. The Labute approximate surface area is 106 Å². The highest BCUT2D eigenvalue weighted by atomic mass is 16.3. The lowest BCUT2D eigenvalue weighted by atomic mass is 10.2. The predicted octanol–water partition coefficient (Wildman–Crippen LogP) is 2.00. The van der Waals surface area contributed by atoms with Crippen molar-refractivity contribution in [1.82, 2.24) is 9.88 Å². The van der Waals surface area contributed by atoms with Gasteiger partial charge in [0.1, 0.15) is 17.2 Å². The lowest BCUT2D eigenvalue weighted by molar-refractivity contribution is 0.0927. The van der Waals surface area contributed by atoms with Crippen LogP contribution in [-0.2, 0) is 7.05 Å². The number of amides is 1. The third-order valence-electron chi connectivity index (χ3n) is 2.79. The van der Waals surface area contributed by atoms with Crippen molar-refractivity contribution in [3.8, 4) is 0 Å². The van der Waals surface area contributed by atoms with E-state index in [4.69, 9.17) is 10.2 Å². The second-order valence-corrected chi connectivity index (χ2v) is 4.41. The number of nitrogens with zero attached hydrogens (tertiary/aromatic N) is 1. The third kappa shape index (κ3) is 2.40. The van der Waals surface area contributed by atoms with E-state index in [1.165, 1.54) is 0 Å². The average molecular weight is 247 g/mol. The maximum absolute atomic E-state index is 12.0. The summed E-state index contributed by atoms with van der Waals surface area (Å²) in [6.07, 6.45) is 1.70. The fourth-order valence-corrected chi connectivity index (χ4v) is 1.84. The minimum absolute atomic E-state index is 0.171. The van der Waals surface area contributed by atoms with Crippen LogP contribution in [0.4, 0.5) is 5.69 Å². The summed E-state index contributed by atoms with van der Waals surface area (Å²) in [6.45, 7) is 3.75. The van der Waals surface area contributed by atoms with Crippen molar-refractivity contribution >= 4 is 11.6 Å². The lowest BCUT2D eigenvalue weighted by Gasteiger charge is -2.11. The maximum atomic E-state index is 12.0. The first-order valence-electron chi connectivity index (χ1n) is 5.76. The van der Waals surface area contributed by atoms with Gasteiger partial charge in [-0.1, -0.05) is 0 Å². The normalized spacial score (nSPS) is 12.4. The molecule has 0 aliphatic carbocycles. The van der Waals surface area contributed by atoms with Gasteiger partial charge in [-0.25, -0.2) is 0 Å². The van der Waals surface area contributed by atoms with Gasteiger partial charge in [0.15, 0.2) is 0 Å². The van der Waals surface area contributed by atoms with Gasteiger partial charge in [-0.15, -0.1) is 0 Å². The van der Waals surface area contributed by atoms with Gasteiger partial charge < -0.3 is 20.0 Å². The zero-order valence-corrected chi connectivity index (χ0v) is 10.7. The van der Waals surface area contributed by atoms with Gasteiger partial charge in [-0.3, -0.25) is 4.79 Å². The Balaban J connectivity index is 2.10. The largest absolute Gasteiger partial charge is 0.464 e. The van der Waals surface area contributed by atoms with Gasteiger partial charge >= 0.3 is 0 Å². The highest BCUT2D eigenvalue weighted by Gasteiger charge is 2.16. The molecule has 18 heavy (non-hydrogen) atoms. The van der Waals surface area contributed by atoms with E-state index in [1.54, 1.807) is 23.9 Å². The molecule has 0 spiro atoms. The van der Waals surface area contributed by atoms with Crippen LogP contribution in [-0.4, -0.2) is 10.5 Å². The number of rotatable bonds is 3. The van der Waals surface area contributed by atoms with Crippen molar-refractivity contribution in [2.24, 2.45) is 7.05 Å². The summed E-state index contributed by atoms with van der Waals surface area (Å²) in [5.41, 5.74) is 6.75. The van der Waals surface area contributed by atoms with Crippen molar-refractivity contribution in [2.75, 3.05) is 5.73 Å². The van der Waals surface area contributed by atoms with Crippen LogP contribution < -0.4 is 11.1 Å². The first kappa shape index (κ1) is 12.3. The summed E-state index contributed by atoms with van der Waals surface area (Å²) in [6, 6.07) is 5.20. The molecule has 2 rings (SSSR count). The number of furan rings is 1. The van der Waals surface area contributed by atoms with E-state index < -0.39 is 0 Å². The van der Waals surface area contributed by atoms with Crippen LogP contribution in [0.25, 0.3) is 0 Å². The molecule has 5 nitrogen and oxygen atoms in total. The summed E-state index contributed by atoms with van der Waals surface area (Å²) >= 11 is 0. The summed E-state index contributed by atoms with van der Waals surface area (Å²) in [5.74, 6) is 1.40. The van der Waals surface area contributed by atoms with Crippen LogP contribution in [0, 0.1) is 6.92 Å². The molecule has 2 heterocycles. The molecule has 96 valence electrons. The van der Waals surface area contributed by atoms with E-state index in [0.717, 1.165) is 11.5 Å². The van der Waals surface area contributed by atoms with Crippen LogP contribution in [0.5, 0.6) is 0 Å². The minimum Gasteiger partial charge on any atom is -0.464 e. The number of aryl methyl sites for hydroxylation is 2. The molecule has 0 bridgehead atoms. The predicted molar refractivity (Wildman–Crippen MR) is 69.2 cm³/mol. The summed E-state index contributed by atoms with van der Waals surface area (Å²) < 4.78 is 7.17. The summed E-state index contributed by atoms with van der Waals surface area (Å²) in [7, 11) is 1.78. The van der Waals surface area contributed by atoms with Gasteiger partial charge in [0, 0.05) is 13.2 Å². The van der Waals surface area contributed by atoms with Crippen molar-refractivity contribution in [1.29, 1.82) is 0 Å². The molecule has 2 aromatic heterocycles. The summed E-state index contributed by atoms with van der Waals surface area (Å²) in [4.78, 5) is 12.0. The number of hydrogen-bond acceptors (Lipinski definition) is 3. The van der Waals surface area contributed by atoms with Crippen LogP contribution >= 0.6 is 0 Å². The van der Waals surface area contributed by atoms with E-state index in [2.05, 4.69) is 5.32 Å². The molecule has 0 saturated heterocycles.